The molecule has 1 atom stereocenters. The first-order valence-electron chi connectivity index (χ1n) is 11.2. The van der Waals surface area contributed by atoms with Crippen LogP contribution in [0.3, 0.4) is 0 Å². The van der Waals surface area contributed by atoms with Gasteiger partial charge in [0.15, 0.2) is 5.13 Å². The smallest absolute Gasteiger partial charge is 0.304 e. The molecule has 0 aliphatic heterocycles. The molecule has 1 aromatic heterocycles. The molecule has 0 aliphatic carbocycles. The largest absolute Gasteiger partial charge is 0.497 e. The van der Waals surface area contributed by atoms with Gasteiger partial charge in [0.1, 0.15) is 5.75 Å². The van der Waals surface area contributed by atoms with Crippen molar-refractivity contribution in [3.63, 3.8) is 0 Å². The molecule has 0 radical (unpaired) electrons. The van der Waals surface area contributed by atoms with Crippen LogP contribution in [0.15, 0.2) is 84.2 Å². The topological polar surface area (TPSA) is 79.7 Å². The van der Waals surface area contributed by atoms with Gasteiger partial charge in [-0.1, -0.05) is 66.7 Å². The SMILES string of the molecule is COc1cccc(-c2ccccc2-c2csc(N(C)C(=O)C(CC(=O)O)Cc3ccccc3)n2)c1. The fraction of sp³-hybridized carbons (Fsp3) is 0.179. The summed E-state index contributed by atoms with van der Waals surface area (Å²) >= 11 is 1.36. The van der Waals surface area contributed by atoms with E-state index in [2.05, 4.69) is 0 Å². The minimum absolute atomic E-state index is 0.241. The van der Waals surface area contributed by atoms with Crippen molar-refractivity contribution in [1.82, 2.24) is 4.98 Å². The molecule has 6 nitrogen and oxygen atoms in total. The number of thiazole rings is 1. The molecule has 1 unspecified atom stereocenters. The number of anilines is 1. The first-order chi connectivity index (χ1) is 17.0. The molecule has 0 aliphatic rings. The average molecular weight is 487 g/mol. The standard InChI is InChI=1S/C28H26N2O4S/c1-30(27(33)21(17-26(31)32)15-19-9-4-3-5-10-19)28-29-25(18-35-28)24-14-7-6-13-23(24)20-11-8-12-22(16-20)34-2/h3-14,16,18,21H,15,17H2,1-2H3,(H,31,32). The lowest BCUT2D eigenvalue weighted by Crippen LogP contribution is -2.35. The minimum Gasteiger partial charge on any atom is -0.497 e. The van der Waals surface area contributed by atoms with Gasteiger partial charge in [0, 0.05) is 18.0 Å². The molecule has 1 amide bonds. The zero-order chi connectivity index (χ0) is 24.8. The summed E-state index contributed by atoms with van der Waals surface area (Å²) in [5.41, 5.74) is 4.62. The van der Waals surface area contributed by atoms with Gasteiger partial charge in [-0.2, -0.15) is 0 Å². The predicted molar refractivity (Wildman–Crippen MR) is 139 cm³/mol. The van der Waals surface area contributed by atoms with Gasteiger partial charge >= 0.3 is 5.97 Å². The van der Waals surface area contributed by atoms with Crippen molar-refractivity contribution >= 4 is 28.3 Å². The third-order valence-corrected chi connectivity index (χ3v) is 6.71. The molecule has 7 heteroatoms. The van der Waals surface area contributed by atoms with Gasteiger partial charge in [-0.05, 0) is 35.2 Å². The molecule has 0 bridgehead atoms. The third kappa shape index (κ3) is 5.75. The highest BCUT2D eigenvalue weighted by atomic mass is 32.1. The zero-order valence-electron chi connectivity index (χ0n) is 19.5. The van der Waals surface area contributed by atoms with Gasteiger partial charge in [0.2, 0.25) is 5.91 Å². The maximum Gasteiger partial charge on any atom is 0.304 e. The number of carboxylic acids is 1. The van der Waals surface area contributed by atoms with E-state index in [-0.39, 0.29) is 12.3 Å². The number of hydrogen-bond donors (Lipinski definition) is 1. The Morgan fingerprint density at radius 3 is 2.43 bits per heavy atom. The molecule has 0 fully saturated rings. The van der Waals surface area contributed by atoms with Crippen molar-refractivity contribution in [3.8, 4) is 28.1 Å². The summed E-state index contributed by atoms with van der Waals surface area (Å²) in [5.74, 6) is -1.18. The number of aliphatic carboxylic acids is 1. The van der Waals surface area contributed by atoms with Crippen molar-refractivity contribution < 1.29 is 19.4 Å². The number of amides is 1. The normalized spacial score (nSPS) is 11.6. The van der Waals surface area contributed by atoms with Crippen LogP contribution in [-0.4, -0.2) is 36.1 Å². The molecule has 35 heavy (non-hydrogen) atoms. The summed E-state index contributed by atoms with van der Waals surface area (Å²) in [5, 5.41) is 11.8. The number of nitrogens with zero attached hydrogens (tertiary/aromatic N) is 2. The van der Waals surface area contributed by atoms with Gasteiger partial charge < -0.3 is 9.84 Å². The van der Waals surface area contributed by atoms with Crippen LogP contribution in [0.4, 0.5) is 5.13 Å². The summed E-state index contributed by atoms with van der Waals surface area (Å²) in [6.07, 6.45) is 0.113. The van der Waals surface area contributed by atoms with Gasteiger partial charge in [0.05, 0.1) is 25.1 Å². The van der Waals surface area contributed by atoms with Crippen LogP contribution in [0, 0.1) is 5.92 Å². The number of carbonyl (C=O) groups excluding carboxylic acids is 1. The van der Waals surface area contributed by atoms with E-state index in [0.29, 0.717) is 11.6 Å². The number of methoxy groups -OCH3 is 1. The van der Waals surface area contributed by atoms with E-state index in [4.69, 9.17) is 9.72 Å². The number of benzene rings is 3. The minimum atomic E-state index is -1.00. The van der Waals surface area contributed by atoms with Crippen LogP contribution in [0.2, 0.25) is 0 Å². The Kier molecular flexibility index (Phi) is 7.57. The summed E-state index contributed by atoms with van der Waals surface area (Å²) < 4.78 is 5.38. The lowest BCUT2D eigenvalue weighted by Gasteiger charge is -2.21. The Hall–Kier alpha value is -3.97. The molecule has 178 valence electrons. The number of ether oxygens (including phenoxy) is 1. The van der Waals surface area contributed by atoms with Crippen LogP contribution in [0.1, 0.15) is 12.0 Å². The number of carbonyl (C=O) groups is 2. The Balaban J connectivity index is 1.60. The molecule has 0 spiro atoms. The van der Waals surface area contributed by atoms with E-state index in [1.165, 1.54) is 16.2 Å². The molecule has 3 aromatic carbocycles. The van der Waals surface area contributed by atoms with Crippen molar-refractivity contribution in [2.45, 2.75) is 12.8 Å². The first kappa shape index (κ1) is 24.2. The van der Waals surface area contributed by atoms with Crippen LogP contribution < -0.4 is 9.64 Å². The molecule has 0 saturated heterocycles. The van der Waals surface area contributed by atoms with Crippen molar-refractivity contribution in [3.05, 3.63) is 89.8 Å². The lowest BCUT2D eigenvalue weighted by atomic mass is 9.95. The summed E-state index contributed by atoms with van der Waals surface area (Å²) in [4.78, 5) is 31.0. The predicted octanol–water partition coefficient (Wildman–Crippen LogP) is 5.78. The molecule has 1 heterocycles. The molecule has 1 N–H and O–H groups in total. The van der Waals surface area contributed by atoms with Gasteiger partial charge in [0.25, 0.3) is 0 Å². The van der Waals surface area contributed by atoms with Gasteiger partial charge in [-0.3, -0.25) is 14.5 Å². The highest BCUT2D eigenvalue weighted by Gasteiger charge is 2.27. The average Bonchev–Trinajstić information content (AvgIpc) is 3.38. The maximum absolute atomic E-state index is 13.3. The number of hydrogen-bond acceptors (Lipinski definition) is 5. The van der Waals surface area contributed by atoms with E-state index >= 15 is 0 Å². The summed E-state index contributed by atoms with van der Waals surface area (Å²) in [7, 11) is 3.29. The van der Waals surface area contributed by atoms with E-state index in [1.54, 1.807) is 14.2 Å². The van der Waals surface area contributed by atoms with Crippen molar-refractivity contribution in [2.24, 2.45) is 5.92 Å². The number of aromatic nitrogens is 1. The second-order valence-electron chi connectivity index (χ2n) is 8.17. The van der Waals surface area contributed by atoms with Crippen LogP contribution >= 0.6 is 11.3 Å². The second-order valence-corrected chi connectivity index (χ2v) is 9.01. The maximum atomic E-state index is 13.3. The van der Waals surface area contributed by atoms with Crippen molar-refractivity contribution in [2.75, 3.05) is 19.1 Å². The molecule has 0 saturated carbocycles. The van der Waals surface area contributed by atoms with Gasteiger partial charge in [-0.25, -0.2) is 4.98 Å². The van der Waals surface area contributed by atoms with E-state index in [0.717, 1.165) is 33.7 Å². The quantitative estimate of drug-likeness (QED) is 0.324. The monoisotopic (exact) mass is 486 g/mol. The fourth-order valence-corrected chi connectivity index (χ4v) is 4.81. The first-order valence-corrected chi connectivity index (χ1v) is 12.1. The van der Waals surface area contributed by atoms with E-state index in [9.17, 15) is 14.7 Å². The fourth-order valence-electron chi connectivity index (χ4n) is 4.02. The molecular formula is C28H26N2O4S. The lowest BCUT2D eigenvalue weighted by molar-refractivity contribution is -0.140. The number of carboxylic acid groups (broad SMARTS) is 1. The number of rotatable bonds is 9. The summed E-state index contributed by atoms with van der Waals surface area (Å²) in [6, 6.07) is 25.3. The van der Waals surface area contributed by atoms with Crippen LogP contribution in [0.25, 0.3) is 22.4 Å². The van der Waals surface area contributed by atoms with E-state index < -0.39 is 11.9 Å². The van der Waals surface area contributed by atoms with E-state index in [1.807, 2.05) is 84.2 Å². The van der Waals surface area contributed by atoms with Gasteiger partial charge in [-0.15, -0.1) is 11.3 Å². The Bertz CT molecular complexity index is 1320. The molecule has 4 aromatic rings. The van der Waals surface area contributed by atoms with Crippen molar-refractivity contribution in [1.29, 1.82) is 0 Å². The third-order valence-electron chi connectivity index (χ3n) is 5.79. The highest BCUT2D eigenvalue weighted by Crippen LogP contribution is 2.36. The summed E-state index contributed by atoms with van der Waals surface area (Å²) in [6.45, 7) is 0. The molecular weight excluding hydrogens is 460 g/mol. The van der Waals surface area contributed by atoms with Crippen LogP contribution in [-0.2, 0) is 16.0 Å². The Morgan fingerprint density at radius 2 is 1.71 bits per heavy atom. The molecule has 4 rings (SSSR count). The zero-order valence-corrected chi connectivity index (χ0v) is 20.4. The van der Waals surface area contributed by atoms with Crippen LogP contribution in [0.5, 0.6) is 5.75 Å². The highest BCUT2D eigenvalue weighted by molar-refractivity contribution is 7.14. The Labute approximate surface area is 208 Å². The Morgan fingerprint density at radius 1 is 1.00 bits per heavy atom. The second kappa shape index (κ2) is 11.0.